The third-order valence-corrected chi connectivity index (χ3v) is 6.87. The summed E-state index contributed by atoms with van der Waals surface area (Å²) in [6, 6.07) is 9.36. The van der Waals surface area contributed by atoms with E-state index in [9.17, 15) is 18.0 Å². The molecule has 160 valence electrons. The van der Waals surface area contributed by atoms with Crippen LogP contribution in [0.3, 0.4) is 0 Å². The molecule has 1 aliphatic rings. The molecule has 10 heteroatoms. The predicted octanol–water partition coefficient (Wildman–Crippen LogP) is 2.60. The minimum Gasteiger partial charge on any atom is -0.493 e. The molecule has 0 aliphatic carbocycles. The summed E-state index contributed by atoms with van der Waals surface area (Å²) in [5.41, 5.74) is 1.07. The molecular weight excluding hydrogens is 432 g/mol. The summed E-state index contributed by atoms with van der Waals surface area (Å²) in [5.74, 6) is -0.721. The maximum atomic E-state index is 12.5. The van der Waals surface area contributed by atoms with Crippen molar-refractivity contribution in [2.75, 3.05) is 24.3 Å². The van der Waals surface area contributed by atoms with Gasteiger partial charge in [-0.05, 0) is 35.9 Å². The lowest BCUT2D eigenvalue weighted by molar-refractivity contribution is -0.119. The maximum Gasteiger partial charge on any atom is 0.253 e. The van der Waals surface area contributed by atoms with Gasteiger partial charge in [0.05, 0.1) is 42.2 Å². The fraction of sp³-hybridized carbons (Fsp3) is 0.300. The molecule has 0 bridgehead atoms. The van der Waals surface area contributed by atoms with Crippen LogP contribution in [-0.4, -0.2) is 40.2 Å². The summed E-state index contributed by atoms with van der Waals surface area (Å²) >= 11 is 6.22. The minimum absolute atomic E-state index is 0.0415. The highest BCUT2D eigenvalue weighted by Gasteiger charge is 2.42. The molecule has 0 saturated carbocycles. The average Bonchev–Trinajstić information content (AvgIpc) is 2.92. The molecule has 1 atom stereocenters. The topological polar surface area (TPSA) is 102 Å². The molecule has 0 aromatic heterocycles. The van der Waals surface area contributed by atoms with Crippen LogP contribution in [0.4, 0.5) is 5.69 Å². The Morgan fingerprint density at radius 1 is 1.17 bits per heavy atom. The Morgan fingerprint density at radius 3 is 2.43 bits per heavy atom. The molecule has 2 aromatic carbocycles. The molecule has 1 saturated heterocycles. The molecule has 2 aromatic rings. The van der Waals surface area contributed by atoms with Gasteiger partial charge >= 0.3 is 0 Å². The van der Waals surface area contributed by atoms with Crippen molar-refractivity contribution in [3.8, 4) is 11.5 Å². The van der Waals surface area contributed by atoms with Gasteiger partial charge in [0.25, 0.3) is 5.91 Å². The normalized spacial score (nSPS) is 17.7. The Kier molecular flexibility index (Phi) is 6.23. The van der Waals surface area contributed by atoms with Gasteiger partial charge in [0, 0.05) is 6.54 Å². The van der Waals surface area contributed by atoms with E-state index in [0.29, 0.717) is 11.5 Å². The van der Waals surface area contributed by atoms with E-state index in [-0.39, 0.29) is 28.6 Å². The number of carbonyl (C=O) groups is 2. The number of nitrogens with zero attached hydrogens (tertiary/aromatic N) is 1. The van der Waals surface area contributed by atoms with Crippen LogP contribution in [-0.2, 0) is 21.4 Å². The highest BCUT2D eigenvalue weighted by Crippen LogP contribution is 2.31. The second-order valence-electron chi connectivity index (χ2n) is 6.82. The van der Waals surface area contributed by atoms with E-state index in [2.05, 4.69) is 5.32 Å². The lowest BCUT2D eigenvalue weighted by atomic mass is 10.1. The second-order valence-corrected chi connectivity index (χ2v) is 9.09. The van der Waals surface area contributed by atoms with E-state index >= 15 is 0 Å². The summed E-state index contributed by atoms with van der Waals surface area (Å²) in [6.07, 6.45) is 0. The Bertz CT molecular complexity index is 1100. The van der Waals surface area contributed by atoms with Gasteiger partial charge in [0.1, 0.15) is 0 Å². The number of benzene rings is 2. The SMILES string of the molecule is COc1ccc(CNC(=O)c2ccc(N3C(=O)[C@H](C)CS3(=O)=O)cc2Cl)cc1OC. The fourth-order valence-electron chi connectivity index (χ4n) is 3.17. The number of hydrogen-bond acceptors (Lipinski definition) is 6. The number of rotatable bonds is 6. The van der Waals surface area contributed by atoms with Gasteiger partial charge in [0.2, 0.25) is 15.9 Å². The summed E-state index contributed by atoms with van der Waals surface area (Å²) in [6.45, 7) is 1.77. The van der Waals surface area contributed by atoms with Crippen LogP contribution in [0.15, 0.2) is 36.4 Å². The van der Waals surface area contributed by atoms with Crippen LogP contribution in [0.1, 0.15) is 22.8 Å². The molecule has 1 aliphatic heterocycles. The van der Waals surface area contributed by atoms with Crippen LogP contribution in [0.2, 0.25) is 5.02 Å². The first kappa shape index (κ1) is 21.9. The lowest BCUT2D eigenvalue weighted by Crippen LogP contribution is -2.30. The van der Waals surface area contributed by atoms with Gasteiger partial charge in [-0.3, -0.25) is 9.59 Å². The molecular formula is C20H21ClN2O6S. The van der Waals surface area contributed by atoms with E-state index in [0.717, 1.165) is 9.87 Å². The van der Waals surface area contributed by atoms with Crippen LogP contribution in [0.25, 0.3) is 0 Å². The standard InChI is InChI=1S/C20H21ClN2O6S/c1-12-11-30(26,27)23(20(12)25)14-5-6-15(16(21)9-14)19(24)22-10-13-4-7-17(28-2)18(8-13)29-3/h4-9,12H,10-11H2,1-3H3,(H,22,24)/t12-/m1/s1. The minimum atomic E-state index is -3.74. The smallest absolute Gasteiger partial charge is 0.253 e. The van der Waals surface area contributed by atoms with Crippen molar-refractivity contribution in [3.05, 3.63) is 52.5 Å². The fourth-order valence-corrected chi connectivity index (χ4v) is 5.24. The van der Waals surface area contributed by atoms with E-state index in [4.69, 9.17) is 21.1 Å². The van der Waals surface area contributed by atoms with E-state index in [1.165, 1.54) is 32.4 Å². The molecule has 8 nitrogen and oxygen atoms in total. The number of anilines is 1. The Hall–Kier alpha value is -2.78. The van der Waals surface area contributed by atoms with Crippen molar-refractivity contribution >= 4 is 39.1 Å². The van der Waals surface area contributed by atoms with Gasteiger partial charge in [-0.15, -0.1) is 0 Å². The first-order chi connectivity index (χ1) is 14.2. The molecule has 30 heavy (non-hydrogen) atoms. The number of carbonyl (C=O) groups excluding carboxylic acids is 2. The highest BCUT2D eigenvalue weighted by atomic mass is 35.5. The zero-order valence-electron chi connectivity index (χ0n) is 16.6. The largest absolute Gasteiger partial charge is 0.493 e. The number of methoxy groups -OCH3 is 2. The van der Waals surface area contributed by atoms with Gasteiger partial charge in [-0.1, -0.05) is 24.6 Å². The summed E-state index contributed by atoms with van der Waals surface area (Å²) in [5, 5.41) is 2.79. The van der Waals surface area contributed by atoms with Gasteiger partial charge < -0.3 is 14.8 Å². The molecule has 1 heterocycles. The molecule has 1 N–H and O–H groups in total. The Balaban J connectivity index is 1.76. The van der Waals surface area contributed by atoms with Crippen molar-refractivity contribution in [2.45, 2.75) is 13.5 Å². The zero-order valence-corrected chi connectivity index (χ0v) is 18.2. The van der Waals surface area contributed by atoms with Crippen LogP contribution in [0.5, 0.6) is 11.5 Å². The van der Waals surface area contributed by atoms with Crippen molar-refractivity contribution < 1.29 is 27.5 Å². The molecule has 0 unspecified atom stereocenters. The number of hydrogen-bond donors (Lipinski definition) is 1. The highest BCUT2D eigenvalue weighted by molar-refractivity contribution is 7.94. The number of amides is 2. The van der Waals surface area contributed by atoms with Crippen LogP contribution in [0, 0.1) is 5.92 Å². The van der Waals surface area contributed by atoms with Crippen molar-refractivity contribution in [2.24, 2.45) is 5.92 Å². The molecule has 1 fully saturated rings. The van der Waals surface area contributed by atoms with Crippen LogP contribution >= 0.6 is 11.6 Å². The van der Waals surface area contributed by atoms with E-state index in [1.54, 1.807) is 25.1 Å². The average molecular weight is 453 g/mol. The maximum absolute atomic E-state index is 12.5. The van der Waals surface area contributed by atoms with Crippen molar-refractivity contribution in [1.82, 2.24) is 5.32 Å². The third kappa shape index (κ3) is 4.22. The lowest BCUT2D eigenvalue weighted by Gasteiger charge is -2.16. The summed E-state index contributed by atoms with van der Waals surface area (Å²) in [7, 11) is -0.689. The van der Waals surface area contributed by atoms with Crippen LogP contribution < -0.4 is 19.1 Å². The predicted molar refractivity (Wildman–Crippen MR) is 113 cm³/mol. The summed E-state index contributed by atoms with van der Waals surface area (Å²) < 4.78 is 35.6. The number of sulfonamides is 1. The van der Waals surface area contributed by atoms with Gasteiger partial charge in [-0.25, -0.2) is 12.7 Å². The first-order valence-corrected chi connectivity index (χ1v) is 11.0. The second kappa shape index (κ2) is 8.53. The molecule has 0 spiro atoms. The zero-order chi connectivity index (χ0) is 22.1. The quantitative estimate of drug-likeness (QED) is 0.722. The number of nitrogens with one attached hydrogen (secondary N) is 1. The monoisotopic (exact) mass is 452 g/mol. The first-order valence-electron chi connectivity index (χ1n) is 9.03. The Labute approximate surface area is 179 Å². The van der Waals surface area contributed by atoms with Crippen molar-refractivity contribution in [3.63, 3.8) is 0 Å². The van der Waals surface area contributed by atoms with Crippen molar-refractivity contribution in [1.29, 1.82) is 0 Å². The number of halogens is 1. The molecule has 0 radical (unpaired) electrons. The number of ether oxygens (including phenoxy) is 2. The van der Waals surface area contributed by atoms with E-state index < -0.39 is 27.8 Å². The van der Waals surface area contributed by atoms with Gasteiger partial charge in [-0.2, -0.15) is 0 Å². The molecule has 3 rings (SSSR count). The Morgan fingerprint density at radius 2 is 1.87 bits per heavy atom. The third-order valence-electron chi connectivity index (χ3n) is 4.69. The van der Waals surface area contributed by atoms with Gasteiger partial charge in [0.15, 0.2) is 11.5 Å². The molecule has 2 amide bonds. The van der Waals surface area contributed by atoms with E-state index in [1.807, 2.05) is 0 Å². The summed E-state index contributed by atoms with van der Waals surface area (Å²) in [4.78, 5) is 24.8.